The summed E-state index contributed by atoms with van der Waals surface area (Å²) in [7, 11) is 0. The van der Waals surface area contributed by atoms with Crippen LogP contribution in [0.3, 0.4) is 0 Å². The first-order chi connectivity index (χ1) is 17.4. The van der Waals surface area contributed by atoms with Crippen molar-refractivity contribution >= 4 is 34.9 Å². The number of morpholine rings is 1. The van der Waals surface area contributed by atoms with E-state index in [9.17, 15) is 14.4 Å². The lowest BCUT2D eigenvalue weighted by Gasteiger charge is -2.40. The SMILES string of the molecule is CC(=O)N1c2ccc(-c3ccc(NC(=O)N4CCOCC4)cc3)cc2N(C(=O)c2ccco2)C[C@@H]1C. The number of carbonyl (C=O) groups is 3. The molecule has 186 valence electrons. The number of amides is 4. The molecule has 0 saturated carbocycles. The summed E-state index contributed by atoms with van der Waals surface area (Å²) >= 11 is 0. The second-order valence-corrected chi connectivity index (χ2v) is 8.94. The molecule has 5 rings (SSSR count). The first kappa shape index (κ1) is 23.6. The van der Waals surface area contributed by atoms with E-state index >= 15 is 0 Å². The Kier molecular flexibility index (Phi) is 6.47. The summed E-state index contributed by atoms with van der Waals surface area (Å²) in [6.45, 7) is 6.03. The quantitative estimate of drug-likeness (QED) is 0.596. The van der Waals surface area contributed by atoms with Crippen LogP contribution in [-0.4, -0.2) is 61.6 Å². The Bertz CT molecular complexity index is 1270. The number of hydrogen-bond donors (Lipinski definition) is 1. The van der Waals surface area contributed by atoms with Gasteiger partial charge in [-0.15, -0.1) is 0 Å². The number of anilines is 3. The molecule has 9 nitrogen and oxygen atoms in total. The summed E-state index contributed by atoms with van der Waals surface area (Å²) in [5.74, 6) is -0.0909. The van der Waals surface area contributed by atoms with Gasteiger partial charge in [0.05, 0.1) is 36.9 Å². The Hall–Kier alpha value is -4.11. The van der Waals surface area contributed by atoms with Crippen molar-refractivity contribution < 1.29 is 23.5 Å². The summed E-state index contributed by atoms with van der Waals surface area (Å²) in [5.41, 5.74) is 3.82. The van der Waals surface area contributed by atoms with Crippen LogP contribution in [0, 0.1) is 0 Å². The Labute approximate surface area is 209 Å². The van der Waals surface area contributed by atoms with Gasteiger partial charge in [0.25, 0.3) is 5.91 Å². The number of urea groups is 1. The van der Waals surface area contributed by atoms with Crippen LogP contribution in [0.1, 0.15) is 24.4 Å². The van der Waals surface area contributed by atoms with Crippen molar-refractivity contribution in [2.75, 3.05) is 48.0 Å². The van der Waals surface area contributed by atoms with Gasteiger partial charge in [-0.1, -0.05) is 18.2 Å². The normalized spacial score (nSPS) is 17.5. The van der Waals surface area contributed by atoms with Gasteiger partial charge in [0.2, 0.25) is 5.91 Å². The van der Waals surface area contributed by atoms with Crippen LogP contribution in [0.2, 0.25) is 0 Å². The Morgan fingerprint density at radius 2 is 1.67 bits per heavy atom. The third-order valence-electron chi connectivity index (χ3n) is 6.50. The molecule has 2 aliphatic heterocycles. The van der Waals surface area contributed by atoms with Crippen molar-refractivity contribution in [3.63, 3.8) is 0 Å². The summed E-state index contributed by atoms with van der Waals surface area (Å²) in [5, 5.41) is 2.92. The zero-order valence-corrected chi connectivity index (χ0v) is 20.3. The summed E-state index contributed by atoms with van der Waals surface area (Å²) < 4.78 is 10.7. The van der Waals surface area contributed by atoms with Crippen molar-refractivity contribution in [2.24, 2.45) is 0 Å². The van der Waals surface area contributed by atoms with Gasteiger partial charge >= 0.3 is 6.03 Å². The minimum atomic E-state index is -0.255. The Balaban J connectivity index is 1.43. The molecule has 1 saturated heterocycles. The molecule has 2 aliphatic rings. The maximum Gasteiger partial charge on any atom is 0.321 e. The lowest BCUT2D eigenvalue weighted by molar-refractivity contribution is -0.117. The maximum atomic E-state index is 13.2. The number of hydrogen-bond acceptors (Lipinski definition) is 5. The summed E-state index contributed by atoms with van der Waals surface area (Å²) in [4.78, 5) is 43.3. The van der Waals surface area contributed by atoms with Crippen LogP contribution in [-0.2, 0) is 9.53 Å². The van der Waals surface area contributed by atoms with E-state index < -0.39 is 0 Å². The molecule has 4 amide bonds. The van der Waals surface area contributed by atoms with Gasteiger partial charge in [0, 0.05) is 32.2 Å². The molecule has 0 bridgehead atoms. The standard InChI is InChI=1S/C27H28N4O5/c1-18-17-30(26(33)25-4-3-13-36-25)24-16-21(7-10-23(24)31(18)19(2)32)20-5-8-22(9-6-20)28-27(34)29-11-14-35-15-12-29/h3-10,13,16,18H,11-12,14-15,17H2,1-2H3,(H,28,34)/t18-/m0/s1. The van der Waals surface area contributed by atoms with Crippen LogP contribution >= 0.6 is 0 Å². The molecule has 3 heterocycles. The molecule has 0 unspecified atom stereocenters. The Morgan fingerprint density at radius 3 is 2.33 bits per heavy atom. The van der Waals surface area contributed by atoms with Gasteiger partial charge in [-0.05, 0) is 54.4 Å². The van der Waals surface area contributed by atoms with E-state index in [2.05, 4.69) is 5.32 Å². The number of ether oxygens (including phenoxy) is 1. The zero-order chi connectivity index (χ0) is 25.2. The minimum absolute atomic E-state index is 0.0815. The molecule has 1 atom stereocenters. The maximum absolute atomic E-state index is 13.2. The third-order valence-corrected chi connectivity index (χ3v) is 6.50. The predicted molar refractivity (Wildman–Crippen MR) is 136 cm³/mol. The molecule has 2 aromatic carbocycles. The number of furan rings is 1. The van der Waals surface area contributed by atoms with Crippen molar-refractivity contribution in [2.45, 2.75) is 19.9 Å². The number of benzene rings is 2. The second kappa shape index (κ2) is 9.87. The van der Waals surface area contributed by atoms with E-state index in [0.717, 1.165) is 11.1 Å². The van der Waals surface area contributed by atoms with E-state index in [0.29, 0.717) is 49.9 Å². The van der Waals surface area contributed by atoms with Crippen LogP contribution in [0.15, 0.2) is 65.3 Å². The zero-order valence-electron chi connectivity index (χ0n) is 20.3. The fourth-order valence-electron chi connectivity index (χ4n) is 4.73. The lowest BCUT2D eigenvalue weighted by atomic mass is 10.00. The van der Waals surface area contributed by atoms with Crippen LogP contribution in [0.25, 0.3) is 11.1 Å². The van der Waals surface area contributed by atoms with Crippen molar-refractivity contribution in [3.05, 3.63) is 66.6 Å². The van der Waals surface area contributed by atoms with Gasteiger partial charge < -0.3 is 29.2 Å². The molecule has 0 radical (unpaired) electrons. The molecule has 36 heavy (non-hydrogen) atoms. The van der Waals surface area contributed by atoms with E-state index in [1.807, 2.05) is 49.4 Å². The topological polar surface area (TPSA) is 95.3 Å². The highest BCUT2D eigenvalue weighted by atomic mass is 16.5. The first-order valence-electron chi connectivity index (χ1n) is 12.0. The van der Waals surface area contributed by atoms with Gasteiger partial charge in [-0.25, -0.2) is 4.79 Å². The summed E-state index contributed by atoms with van der Waals surface area (Å²) in [6.07, 6.45) is 1.47. The largest absolute Gasteiger partial charge is 0.459 e. The molecule has 3 aromatic rings. The highest BCUT2D eigenvalue weighted by Gasteiger charge is 2.35. The Morgan fingerprint density at radius 1 is 0.944 bits per heavy atom. The molecule has 1 aromatic heterocycles. The van der Waals surface area contributed by atoms with E-state index in [1.165, 1.54) is 13.2 Å². The van der Waals surface area contributed by atoms with Crippen LogP contribution < -0.4 is 15.1 Å². The fourth-order valence-corrected chi connectivity index (χ4v) is 4.73. The number of fused-ring (bicyclic) bond motifs is 1. The third kappa shape index (κ3) is 4.57. The lowest BCUT2D eigenvalue weighted by Crippen LogP contribution is -2.51. The number of nitrogens with zero attached hydrogens (tertiary/aromatic N) is 3. The summed E-state index contributed by atoms with van der Waals surface area (Å²) in [6, 6.07) is 16.2. The minimum Gasteiger partial charge on any atom is -0.459 e. The molecular weight excluding hydrogens is 460 g/mol. The van der Waals surface area contributed by atoms with Gasteiger partial charge in [0.15, 0.2) is 5.76 Å². The monoisotopic (exact) mass is 488 g/mol. The van der Waals surface area contributed by atoms with Gasteiger partial charge in [-0.3, -0.25) is 9.59 Å². The van der Waals surface area contributed by atoms with E-state index in [-0.39, 0.29) is 29.6 Å². The molecule has 1 fully saturated rings. The van der Waals surface area contributed by atoms with Crippen molar-refractivity contribution in [1.82, 2.24) is 4.90 Å². The first-order valence-corrected chi connectivity index (χ1v) is 12.0. The molecular formula is C27H28N4O5. The number of rotatable bonds is 3. The van der Waals surface area contributed by atoms with Crippen molar-refractivity contribution in [3.8, 4) is 11.1 Å². The molecule has 0 spiro atoms. The molecule has 9 heteroatoms. The van der Waals surface area contributed by atoms with Crippen molar-refractivity contribution in [1.29, 1.82) is 0 Å². The highest BCUT2D eigenvalue weighted by molar-refractivity contribution is 6.10. The molecule has 1 N–H and O–H groups in total. The van der Waals surface area contributed by atoms with Gasteiger partial charge in [0.1, 0.15) is 0 Å². The van der Waals surface area contributed by atoms with Gasteiger partial charge in [-0.2, -0.15) is 0 Å². The fraction of sp³-hybridized carbons (Fsp3) is 0.296. The molecule has 0 aliphatic carbocycles. The van der Waals surface area contributed by atoms with Crippen LogP contribution in [0.4, 0.5) is 21.9 Å². The second-order valence-electron chi connectivity index (χ2n) is 8.94. The van der Waals surface area contributed by atoms with E-state index in [4.69, 9.17) is 9.15 Å². The number of carbonyl (C=O) groups excluding carboxylic acids is 3. The van der Waals surface area contributed by atoms with Crippen LogP contribution in [0.5, 0.6) is 0 Å². The number of nitrogens with one attached hydrogen (secondary N) is 1. The average Bonchev–Trinajstić information content (AvgIpc) is 3.43. The average molecular weight is 489 g/mol. The predicted octanol–water partition coefficient (Wildman–Crippen LogP) is 4.21. The smallest absolute Gasteiger partial charge is 0.321 e. The highest BCUT2D eigenvalue weighted by Crippen LogP contribution is 2.39. The van der Waals surface area contributed by atoms with E-state index in [1.54, 1.807) is 26.8 Å².